The van der Waals surface area contributed by atoms with Gasteiger partial charge in [0.2, 0.25) is 11.8 Å². The molecule has 0 saturated carbocycles. The highest BCUT2D eigenvalue weighted by Gasteiger charge is 2.17. The number of rotatable bonds is 7. The van der Waals surface area contributed by atoms with E-state index in [9.17, 15) is 18.8 Å². The molecule has 3 aromatic carbocycles. The maximum absolute atomic E-state index is 14.6. The third-order valence-corrected chi connectivity index (χ3v) is 5.90. The van der Waals surface area contributed by atoms with Crippen LogP contribution in [0.15, 0.2) is 76.7 Å². The molecule has 10 heteroatoms. The molecular formula is C25H21FN4O4S. The smallest absolute Gasteiger partial charge is 0.266 e. The Labute approximate surface area is 204 Å². The van der Waals surface area contributed by atoms with Crippen molar-refractivity contribution < 1.29 is 18.7 Å². The van der Waals surface area contributed by atoms with Crippen LogP contribution in [0.1, 0.15) is 6.92 Å². The molecule has 178 valence electrons. The lowest BCUT2D eigenvalue weighted by molar-refractivity contribution is -0.114. The first-order chi connectivity index (χ1) is 16.9. The number of hydrogen-bond donors (Lipinski definition) is 2. The summed E-state index contributed by atoms with van der Waals surface area (Å²) >= 11 is 0.998. The highest BCUT2D eigenvalue weighted by molar-refractivity contribution is 7.99. The van der Waals surface area contributed by atoms with E-state index in [2.05, 4.69) is 15.6 Å². The van der Waals surface area contributed by atoms with Crippen LogP contribution in [0.5, 0.6) is 5.75 Å². The number of thioether (sulfide) groups is 1. The molecule has 2 amide bonds. The van der Waals surface area contributed by atoms with Gasteiger partial charge in [-0.25, -0.2) is 9.37 Å². The fraction of sp³-hybridized carbons (Fsp3) is 0.120. The van der Waals surface area contributed by atoms with E-state index >= 15 is 0 Å². The van der Waals surface area contributed by atoms with Crippen molar-refractivity contribution in [2.75, 3.05) is 23.5 Å². The number of carbonyl (C=O) groups excluding carboxylic acids is 2. The molecule has 2 N–H and O–H groups in total. The summed E-state index contributed by atoms with van der Waals surface area (Å²) in [4.78, 5) is 41.9. The number of ether oxygens (including phenoxy) is 1. The molecule has 4 aromatic rings. The minimum Gasteiger partial charge on any atom is -0.495 e. The molecule has 0 radical (unpaired) electrons. The van der Waals surface area contributed by atoms with Gasteiger partial charge in [-0.05, 0) is 42.5 Å². The van der Waals surface area contributed by atoms with E-state index < -0.39 is 17.3 Å². The lowest BCUT2D eigenvalue weighted by Crippen LogP contribution is -2.23. The quantitative estimate of drug-likeness (QED) is 0.296. The van der Waals surface area contributed by atoms with Crippen LogP contribution in [0, 0.1) is 5.82 Å². The molecule has 1 heterocycles. The molecule has 35 heavy (non-hydrogen) atoms. The number of halogens is 1. The number of nitrogens with one attached hydrogen (secondary N) is 2. The Bertz CT molecular complexity index is 1490. The van der Waals surface area contributed by atoms with Crippen LogP contribution >= 0.6 is 11.8 Å². The number of benzene rings is 3. The molecule has 0 unspecified atom stereocenters. The third-order valence-electron chi connectivity index (χ3n) is 4.96. The Morgan fingerprint density at radius 3 is 2.54 bits per heavy atom. The number of para-hydroxylation sites is 2. The summed E-state index contributed by atoms with van der Waals surface area (Å²) in [6, 6.07) is 17.5. The Balaban J connectivity index is 1.64. The summed E-state index contributed by atoms with van der Waals surface area (Å²) in [6.45, 7) is 1.38. The monoisotopic (exact) mass is 492 g/mol. The zero-order valence-electron chi connectivity index (χ0n) is 18.9. The summed E-state index contributed by atoms with van der Waals surface area (Å²) < 4.78 is 21.1. The Morgan fingerprint density at radius 1 is 1.06 bits per heavy atom. The largest absolute Gasteiger partial charge is 0.495 e. The maximum atomic E-state index is 14.6. The van der Waals surface area contributed by atoms with Crippen LogP contribution in [-0.2, 0) is 9.59 Å². The summed E-state index contributed by atoms with van der Waals surface area (Å²) in [5, 5.41) is 5.90. The van der Waals surface area contributed by atoms with E-state index in [1.54, 1.807) is 48.5 Å². The van der Waals surface area contributed by atoms with Gasteiger partial charge in [-0.1, -0.05) is 36.0 Å². The topological polar surface area (TPSA) is 102 Å². The van der Waals surface area contributed by atoms with E-state index in [1.807, 2.05) is 0 Å². The van der Waals surface area contributed by atoms with Crippen molar-refractivity contribution in [3.8, 4) is 11.4 Å². The number of aromatic nitrogens is 2. The zero-order chi connectivity index (χ0) is 24.9. The van der Waals surface area contributed by atoms with Gasteiger partial charge in [0, 0.05) is 12.6 Å². The molecule has 0 fully saturated rings. The second-order valence-electron chi connectivity index (χ2n) is 7.44. The van der Waals surface area contributed by atoms with Crippen LogP contribution in [0.25, 0.3) is 16.6 Å². The van der Waals surface area contributed by atoms with Crippen molar-refractivity contribution in [2.45, 2.75) is 12.1 Å². The molecular weight excluding hydrogens is 471 g/mol. The predicted molar refractivity (Wildman–Crippen MR) is 134 cm³/mol. The molecule has 0 aliphatic rings. The SMILES string of the molecule is COc1ccc(NC(C)=O)cc1NC(=O)CSc1nc2ccccc2c(=O)n1-c1ccccc1F. The molecule has 0 atom stereocenters. The second-order valence-corrected chi connectivity index (χ2v) is 8.38. The van der Waals surface area contributed by atoms with Gasteiger partial charge in [0.25, 0.3) is 5.56 Å². The fourth-order valence-electron chi connectivity index (χ4n) is 3.46. The van der Waals surface area contributed by atoms with Gasteiger partial charge in [0.15, 0.2) is 5.16 Å². The number of methoxy groups -OCH3 is 1. The number of anilines is 2. The van der Waals surface area contributed by atoms with Gasteiger partial charge in [0.05, 0.1) is 35.1 Å². The standard InChI is InChI=1S/C25H21FN4O4S/c1-15(31)27-16-11-12-22(34-2)20(13-16)28-23(32)14-35-25-29-19-9-5-3-7-17(19)24(33)30(25)21-10-6-4-8-18(21)26/h3-13H,14H2,1-2H3,(H,27,31)(H,28,32). The number of carbonyl (C=O) groups is 2. The van der Waals surface area contributed by atoms with Crippen LogP contribution in [-0.4, -0.2) is 34.2 Å². The van der Waals surface area contributed by atoms with Gasteiger partial charge in [0.1, 0.15) is 11.6 Å². The fourth-order valence-corrected chi connectivity index (χ4v) is 4.26. The van der Waals surface area contributed by atoms with Crippen molar-refractivity contribution in [1.29, 1.82) is 0 Å². The maximum Gasteiger partial charge on any atom is 0.266 e. The molecule has 0 aliphatic heterocycles. The average Bonchev–Trinajstić information content (AvgIpc) is 2.83. The Hall–Kier alpha value is -4.18. The van der Waals surface area contributed by atoms with E-state index in [-0.39, 0.29) is 22.5 Å². The van der Waals surface area contributed by atoms with Gasteiger partial charge in [-0.2, -0.15) is 0 Å². The predicted octanol–water partition coefficient (Wildman–Crippen LogP) is 4.22. The Kier molecular flexibility index (Phi) is 7.11. The molecule has 8 nitrogen and oxygen atoms in total. The van der Waals surface area contributed by atoms with Crippen LogP contribution < -0.4 is 20.9 Å². The molecule has 0 bridgehead atoms. The average molecular weight is 493 g/mol. The lowest BCUT2D eigenvalue weighted by atomic mass is 10.2. The normalized spacial score (nSPS) is 10.7. The van der Waals surface area contributed by atoms with E-state index in [4.69, 9.17) is 4.74 Å². The lowest BCUT2D eigenvalue weighted by Gasteiger charge is -2.15. The highest BCUT2D eigenvalue weighted by atomic mass is 32.2. The first-order valence-electron chi connectivity index (χ1n) is 10.5. The molecule has 1 aromatic heterocycles. The van der Waals surface area contributed by atoms with Crippen LogP contribution in [0.4, 0.5) is 15.8 Å². The van der Waals surface area contributed by atoms with Gasteiger partial charge in [-0.3, -0.25) is 19.0 Å². The third kappa shape index (κ3) is 5.33. The van der Waals surface area contributed by atoms with Gasteiger partial charge < -0.3 is 15.4 Å². The minimum absolute atomic E-state index is 0.0448. The molecule has 0 aliphatic carbocycles. The molecule has 0 saturated heterocycles. The van der Waals surface area contributed by atoms with Gasteiger partial charge >= 0.3 is 0 Å². The highest BCUT2D eigenvalue weighted by Crippen LogP contribution is 2.29. The van der Waals surface area contributed by atoms with Gasteiger partial charge in [-0.15, -0.1) is 0 Å². The van der Waals surface area contributed by atoms with Crippen molar-refractivity contribution in [2.24, 2.45) is 0 Å². The van der Waals surface area contributed by atoms with E-state index in [1.165, 1.54) is 36.8 Å². The number of fused-ring (bicyclic) bond motifs is 1. The summed E-state index contributed by atoms with van der Waals surface area (Å²) in [5.74, 6) is -0.957. The van der Waals surface area contributed by atoms with E-state index in [0.717, 1.165) is 11.8 Å². The molecule has 4 rings (SSSR count). The molecule has 0 spiro atoms. The van der Waals surface area contributed by atoms with Crippen molar-refractivity contribution in [1.82, 2.24) is 9.55 Å². The van der Waals surface area contributed by atoms with Crippen LogP contribution in [0.3, 0.4) is 0 Å². The summed E-state index contributed by atoms with van der Waals surface area (Å²) in [5.41, 5.74) is 0.905. The summed E-state index contributed by atoms with van der Waals surface area (Å²) in [6.07, 6.45) is 0. The van der Waals surface area contributed by atoms with Crippen molar-refractivity contribution >= 4 is 45.9 Å². The Morgan fingerprint density at radius 2 is 1.80 bits per heavy atom. The number of hydrogen-bond acceptors (Lipinski definition) is 6. The first kappa shape index (κ1) is 24.0. The van der Waals surface area contributed by atoms with Crippen LogP contribution in [0.2, 0.25) is 0 Å². The minimum atomic E-state index is -0.586. The van der Waals surface area contributed by atoms with E-state index in [0.29, 0.717) is 28.0 Å². The van der Waals surface area contributed by atoms with Crippen molar-refractivity contribution in [3.63, 3.8) is 0 Å². The van der Waals surface area contributed by atoms with Crippen molar-refractivity contribution in [3.05, 3.63) is 82.9 Å². The summed E-state index contributed by atoms with van der Waals surface area (Å²) in [7, 11) is 1.46. The first-order valence-corrected chi connectivity index (χ1v) is 11.5. The number of amides is 2. The number of nitrogens with zero attached hydrogens (tertiary/aromatic N) is 2. The second kappa shape index (κ2) is 10.4. The zero-order valence-corrected chi connectivity index (χ0v) is 19.7.